The molecular formula is C20H16N4O2Se. The van der Waals surface area contributed by atoms with Gasteiger partial charge in [0.05, 0.1) is 0 Å². The average molecular weight is 423 g/mol. The summed E-state index contributed by atoms with van der Waals surface area (Å²) in [6.07, 6.45) is 1.51. The van der Waals surface area contributed by atoms with Crippen molar-refractivity contribution in [2.75, 3.05) is 10.6 Å². The predicted octanol–water partition coefficient (Wildman–Crippen LogP) is 3.08. The molecule has 2 amide bonds. The van der Waals surface area contributed by atoms with Crippen molar-refractivity contribution in [2.24, 2.45) is 4.99 Å². The molecule has 1 aromatic heterocycles. The normalized spacial score (nSPS) is 11.9. The van der Waals surface area contributed by atoms with Gasteiger partial charge in [0.25, 0.3) is 0 Å². The first kappa shape index (κ1) is 17.4. The zero-order chi connectivity index (χ0) is 19.0. The number of aliphatic imine (C=N–C) groups is 1. The van der Waals surface area contributed by atoms with Gasteiger partial charge in [0, 0.05) is 0 Å². The Balaban J connectivity index is 1.41. The Labute approximate surface area is 162 Å². The summed E-state index contributed by atoms with van der Waals surface area (Å²) < 4.78 is 1.07. The number of carbonyl (C=O) groups excluding carboxylic acids is 2. The second kappa shape index (κ2) is 6.95. The van der Waals surface area contributed by atoms with Crippen LogP contribution in [0.2, 0.25) is 0 Å². The van der Waals surface area contributed by atoms with Gasteiger partial charge in [-0.05, 0) is 0 Å². The van der Waals surface area contributed by atoms with Crippen molar-refractivity contribution in [1.82, 2.24) is 4.98 Å². The Morgan fingerprint density at radius 3 is 2.44 bits per heavy atom. The molecule has 0 atom stereocenters. The van der Waals surface area contributed by atoms with Crippen LogP contribution >= 0.6 is 0 Å². The fourth-order valence-electron chi connectivity index (χ4n) is 2.66. The van der Waals surface area contributed by atoms with Crippen LogP contribution in [0, 0.1) is 13.8 Å². The van der Waals surface area contributed by atoms with E-state index in [0.29, 0.717) is 14.8 Å². The number of rotatable bonds is 4. The third-order valence-electron chi connectivity index (χ3n) is 4.11. The van der Waals surface area contributed by atoms with Crippen LogP contribution in [-0.2, 0) is 4.79 Å². The molecule has 2 aromatic carbocycles. The number of fused-ring (bicyclic) bond motifs is 1. The van der Waals surface area contributed by atoms with Gasteiger partial charge in [0.1, 0.15) is 0 Å². The van der Waals surface area contributed by atoms with Crippen molar-refractivity contribution in [3.63, 3.8) is 0 Å². The zero-order valence-electron chi connectivity index (χ0n) is 14.7. The van der Waals surface area contributed by atoms with E-state index in [1.54, 1.807) is 0 Å². The molecule has 0 bridgehead atoms. The molecule has 0 saturated carbocycles. The van der Waals surface area contributed by atoms with E-state index in [2.05, 4.69) is 20.6 Å². The minimum atomic E-state index is -0.357. The molecule has 2 N–H and O–H groups in total. The van der Waals surface area contributed by atoms with Crippen LogP contribution in [0.15, 0.2) is 53.7 Å². The van der Waals surface area contributed by atoms with Crippen molar-refractivity contribution in [3.05, 3.63) is 69.8 Å². The van der Waals surface area contributed by atoms with Crippen LogP contribution in [0.1, 0.15) is 25.9 Å². The number of amides is 2. The van der Waals surface area contributed by atoms with Gasteiger partial charge in [0.2, 0.25) is 0 Å². The second-order valence-electron chi connectivity index (χ2n) is 6.28. The Morgan fingerprint density at radius 1 is 0.926 bits per heavy atom. The molecule has 7 heteroatoms. The third kappa shape index (κ3) is 3.60. The van der Waals surface area contributed by atoms with E-state index in [-0.39, 0.29) is 26.3 Å². The number of anilines is 2. The second-order valence-corrected chi connectivity index (χ2v) is 8.45. The number of aromatic nitrogens is 1. The Bertz CT molecular complexity index is 1080. The quantitative estimate of drug-likeness (QED) is 0.633. The van der Waals surface area contributed by atoms with Crippen molar-refractivity contribution >= 4 is 48.1 Å². The molecule has 0 radical (unpaired) electrons. The minimum absolute atomic E-state index is 0.200. The van der Waals surface area contributed by atoms with E-state index in [1.165, 1.54) is 6.20 Å². The topological polar surface area (TPSA) is 83.5 Å². The number of aryl methyl sites for hydroxylation is 2. The van der Waals surface area contributed by atoms with Gasteiger partial charge in [-0.1, -0.05) is 0 Å². The van der Waals surface area contributed by atoms with Crippen molar-refractivity contribution < 1.29 is 9.59 Å². The number of hydrogen-bond acceptors (Lipinski definition) is 4. The molecule has 4 rings (SSSR count). The molecule has 1 aliphatic heterocycles. The molecule has 2 heterocycles. The molecule has 6 nitrogen and oxygen atoms in total. The molecule has 134 valence electrons. The fraction of sp³-hybridized carbons (Fsp3) is 0.100. The summed E-state index contributed by atoms with van der Waals surface area (Å²) in [7, 11) is 0. The Kier molecular flexibility index (Phi) is 4.47. The fourth-order valence-corrected chi connectivity index (χ4v) is 4.14. The standard InChI is InChI=1S/C20H16N4O2Se/c1-11-3-6-13(7-4-11)22-18(25)16-10-21-20(27-16)24-19(26)17-14-9-12(2)5-8-15(14)23-17/h3-10H,1-2H3,(H,22,25)(H,21,24,26). The first-order valence-electron chi connectivity index (χ1n) is 8.34. The Morgan fingerprint density at radius 2 is 1.67 bits per heavy atom. The van der Waals surface area contributed by atoms with Crippen LogP contribution in [0.5, 0.6) is 0 Å². The SMILES string of the molecule is Cc1ccc(NC(=O)c2cnc(NC(=O)C3=Nc4ccc(C)cc43)[se]2)cc1. The van der Waals surface area contributed by atoms with Crippen LogP contribution in [-0.4, -0.2) is 37.0 Å². The molecule has 27 heavy (non-hydrogen) atoms. The molecular weight excluding hydrogens is 407 g/mol. The molecule has 0 fully saturated rings. The van der Waals surface area contributed by atoms with Gasteiger partial charge in [-0.3, -0.25) is 0 Å². The predicted molar refractivity (Wildman–Crippen MR) is 106 cm³/mol. The summed E-state index contributed by atoms with van der Waals surface area (Å²) in [6, 6.07) is 13.4. The van der Waals surface area contributed by atoms with E-state index in [9.17, 15) is 9.59 Å². The van der Waals surface area contributed by atoms with Gasteiger partial charge in [0.15, 0.2) is 0 Å². The summed E-state index contributed by atoms with van der Waals surface area (Å²) >= 11 is -0.357. The van der Waals surface area contributed by atoms with E-state index >= 15 is 0 Å². The van der Waals surface area contributed by atoms with Crippen LogP contribution in [0.3, 0.4) is 0 Å². The van der Waals surface area contributed by atoms with Crippen molar-refractivity contribution in [3.8, 4) is 0 Å². The molecule has 1 aliphatic rings. The van der Waals surface area contributed by atoms with Gasteiger partial charge in [-0.15, -0.1) is 0 Å². The molecule has 0 saturated heterocycles. The van der Waals surface area contributed by atoms with Crippen molar-refractivity contribution in [2.45, 2.75) is 13.8 Å². The van der Waals surface area contributed by atoms with Gasteiger partial charge in [-0.2, -0.15) is 0 Å². The maximum absolute atomic E-state index is 12.4. The van der Waals surface area contributed by atoms with E-state index in [0.717, 1.165) is 28.1 Å². The van der Waals surface area contributed by atoms with Gasteiger partial charge < -0.3 is 0 Å². The summed E-state index contributed by atoms with van der Waals surface area (Å²) in [5.41, 5.74) is 5.01. The summed E-state index contributed by atoms with van der Waals surface area (Å²) in [5, 5.41) is 5.62. The average Bonchev–Trinajstić information content (AvgIpc) is 3.08. The number of carbonyl (C=O) groups is 2. The van der Waals surface area contributed by atoms with Crippen LogP contribution in [0.25, 0.3) is 0 Å². The number of nitrogens with zero attached hydrogens (tertiary/aromatic N) is 2. The third-order valence-corrected chi connectivity index (χ3v) is 6.03. The molecule has 0 aliphatic carbocycles. The van der Waals surface area contributed by atoms with Crippen molar-refractivity contribution in [1.29, 1.82) is 0 Å². The number of nitrogens with one attached hydrogen (secondary N) is 2. The first-order chi connectivity index (χ1) is 13.0. The molecule has 3 aromatic rings. The van der Waals surface area contributed by atoms with Gasteiger partial charge >= 0.3 is 162 Å². The van der Waals surface area contributed by atoms with E-state index in [1.807, 2.05) is 56.3 Å². The van der Waals surface area contributed by atoms with Gasteiger partial charge in [-0.25, -0.2) is 0 Å². The van der Waals surface area contributed by atoms with Crippen LogP contribution < -0.4 is 10.6 Å². The maximum atomic E-state index is 12.4. The first-order valence-corrected chi connectivity index (χ1v) is 10.1. The summed E-state index contributed by atoms with van der Waals surface area (Å²) in [5.74, 6) is -0.490. The summed E-state index contributed by atoms with van der Waals surface area (Å²) in [4.78, 5) is 33.2. The van der Waals surface area contributed by atoms with E-state index < -0.39 is 0 Å². The molecule has 0 spiro atoms. The monoisotopic (exact) mass is 424 g/mol. The number of hydrogen-bond donors (Lipinski definition) is 2. The number of benzene rings is 2. The summed E-state index contributed by atoms with van der Waals surface area (Å²) in [6.45, 7) is 3.96. The zero-order valence-corrected chi connectivity index (χ0v) is 16.5. The Hall–Kier alpha value is -3.02. The molecule has 0 unspecified atom stereocenters. The van der Waals surface area contributed by atoms with E-state index in [4.69, 9.17) is 0 Å². The van der Waals surface area contributed by atoms with Crippen LogP contribution in [0.4, 0.5) is 16.1 Å².